The van der Waals surface area contributed by atoms with Gasteiger partial charge in [-0.3, -0.25) is 0 Å². The summed E-state index contributed by atoms with van der Waals surface area (Å²) in [6, 6.07) is 4.63. The smallest absolute Gasteiger partial charge is 0.400 e. The summed E-state index contributed by atoms with van der Waals surface area (Å²) in [7, 11) is 0. The van der Waals surface area contributed by atoms with E-state index < -0.39 is 17.8 Å². The van der Waals surface area contributed by atoms with E-state index in [2.05, 4.69) is 13.8 Å². The number of alkyl halides is 2. The van der Waals surface area contributed by atoms with Crippen molar-refractivity contribution in [2.75, 3.05) is 0 Å². The predicted octanol–water partition coefficient (Wildman–Crippen LogP) is 9.46. The third-order valence-electron chi connectivity index (χ3n) is 8.66. The van der Waals surface area contributed by atoms with Crippen molar-refractivity contribution in [1.29, 1.82) is 0 Å². The van der Waals surface area contributed by atoms with Gasteiger partial charge in [-0.2, -0.15) is 8.78 Å². The van der Waals surface area contributed by atoms with Gasteiger partial charge in [0.1, 0.15) is 0 Å². The molecule has 0 bridgehead atoms. The second-order valence-corrected chi connectivity index (χ2v) is 10.9. The minimum atomic E-state index is -3.31. The third kappa shape index (κ3) is 5.60. The van der Waals surface area contributed by atoms with Gasteiger partial charge in [0, 0.05) is 4.28 Å². The zero-order chi connectivity index (χ0) is 22.0. The van der Waals surface area contributed by atoms with E-state index >= 15 is 0 Å². The van der Waals surface area contributed by atoms with Gasteiger partial charge in [-0.05, 0) is 98.7 Å². The Balaban J connectivity index is 0.00000193. The molecule has 0 N–H and O–H groups in total. The summed E-state index contributed by atoms with van der Waals surface area (Å²) in [6.45, 7) is 4.56. The lowest BCUT2D eigenvalue weighted by Gasteiger charge is -2.38. The SMILES string of the molecule is CC1CCC(c2ccc(OC(F)(F)C3CCC(C4CCC(C)CC4)CC3)c(F)c2)CC1.[HH].[HH].[HH]. The minimum Gasteiger partial charge on any atom is -0.429 e. The second-order valence-electron chi connectivity index (χ2n) is 10.9. The third-order valence-corrected chi connectivity index (χ3v) is 8.66. The van der Waals surface area contributed by atoms with Gasteiger partial charge in [0.2, 0.25) is 0 Å². The molecular formula is C27H45F3O. The molecule has 3 aliphatic rings. The number of benzene rings is 1. The molecule has 4 heteroatoms. The lowest BCUT2D eigenvalue weighted by atomic mass is 9.69. The first kappa shape index (κ1) is 23.0. The maximum absolute atomic E-state index is 14.9. The molecule has 0 aliphatic heterocycles. The Labute approximate surface area is 190 Å². The Morgan fingerprint density at radius 3 is 1.84 bits per heavy atom. The first-order valence-electron chi connectivity index (χ1n) is 12.7. The summed E-state index contributed by atoms with van der Waals surface area (Å²) < 4.78 is 49.5. The Kier molecular flexibility index (Phi) is 7.23. The van der Waals surface area contributed by atoms with Crippen molar-refractivity contribution < 1.29 is 22.2 Å². The zero-order valence-corrected chi connectivity index (χ0v) is 19.2. The summed E-state index contributed by atoms with van der Waals surface area (Å²) in [4.78, 5) is 0. The van der Waals surface area contributed by atoms with Crippen molar-refractivity contribution in [2.24, 2.45) is 29.6 Å². The van der Waals surface area contributed by atoms with E-state index in [1.807, 2.05) is 0 Å². The summed E-state index contributed by atoms with van der Waals surface area (Å²) in [5, 5.41) is 0. The number of halogens is 3. The van der Waals surface area contributed by atoms with Crippen LogP contribution in [0.2, 0.25) is 0 Å². The fraction of sp³-hybridized carbons (Fsp3) is 0.778. The Morgan fingerprint density at radius 2 is 1.29 bits per heavy atom. The molecule has 4 rings (SSSR count). The van der Waals surface area contributed by atoms with Gasteiger partial charge in [0.25, 0.3) is 0 Å². The first-order chi connectivity index (χ1) is 14.8. The molecule has 0 unspecified atom stereocenters. The number of rotatable bonds is 5. The van der Waals surface area contributed by atoms with Crippen LogP contribution < -0.4 is 4.74 Å². The molecule has 1 nitrogen and oxygen atoms in total. The standard InChI is InChI=1S/C27H39F3O.3H2/c1-18-3-7-20(8-4-18)21-11-14-24(15-12-21)27(29,30)31-26-16-13-23(17-25(26)28)22-9-5-19(2)6-10-22;;;/h13,16-22,24H,3-12,14-15H2,1-2H3;3*1H. The highest BCUT2D eigenvalue weighted by atomic mass is 19.3. The Bertz CT molecular complexity index is 724. The molecule has 0 radical (unpaired) electrons. The van der Waals surface area contributed by atoms with Gasteiger partial charge in [-0.15, -0.1) is 0 Å². The van der Waals surface area contributed by atoms with Crippen LogP contribution in [0.15, 0.2) is 18.2 Å². The topological polar surface area (TPSA) is 9.23 Å². The average molecular weight is 443 g/mol. The van der Waals surface area contributed by atoms with Crippen molar-refractivity contribution in [3.8, 4) is 5.75 Å². The van der Waals surface area contributed by atoms with Crippen LogP contribution in [-0.2, 0) is 0 Å². The minimum absolute atomic E-state index is 0. The zero-order valence-electron chi connectivity index (χ0n) is 19.2. The van der Waals surface area contributed by atoms with E-state index in [-0.39, 0.29) is 10.0 Å². The predicted molar refractivity (Wildman–Crippen MR) is 125 cm³/mol. The van der Waals surface area contributed by atoms with Gasteiger partial charge in [0.05, 0.1) is 5.92 Å². The molecule has 0 amide bonds. The van der Waals surface area contributed by atoms with Crippen LogP contribution in [0.4, 0.5) is 13.2 Å². The van der Waals surface area contributed by atoms with Gasteiger partial charge >= 0.3 is 6.11 Å². The average Bonchev–Trinajstić information content (AvgIpc) is 2.76. The van der Waals surface area contributed by atoms with Crippen molar-refractivity contribution in [3.05, 3.63) is 29.6 Å². The highest BCUT2D eigenvalue weighted by Crippen LogP contribution is 2.46. The van der Waals surface area contributed by atoms with Gasteiger partial charge in [-0.1, -0.05) is 45.6 Å². The number of ether oxygens (including phenoxy) is 1. The quantitative estimate of drug-likeness (QED) is 0.441. The van der Waals surface area contributed by atoms with Crippen LogP contribution in [0.25, 0.3) is 0 Å². The van der Waals surface area contributed by atoms with Crippen molar-refractivity contribution in [1.82, 2.24) is 0 Å². The lowest BCUT2D eigenvalue weighted by Crippen LogP contribution is -2.38. The highest BCUT2D eigenvalue weighted by molar-refractivity contribution is 5.32. The van der Waals surface area contributed by atoms with E-state index in [0.717, 1.165) is 55.9 Å². The number of hydrogen-bond acceptors (Lipinski definition) is 1. The molecule has 3 aliphatic carbocycles. The van der Waals surface area contributed by atoms with Crippen LogP contribution >= 0.6 is 0 Å². The fourth-order valence-electron chi connectivity index (χ4n) is 6.36. The van der Waals surface area contributed by atoms with Crippen LogP contribution in [-0.4, -0.2) is 6.11 Å². The molecule has 180 valence electrons. The second kappa shape index (κ2) is 9.75. The van der Waals surface area contributed by atoms with Crippen LogP contribution in [0.5, 0.6) is 5.75 Å². The van der Waals surface area contributed by atoms with E-state index in [1.54, 1.807) is 6.07 Å². The molecule has 0 spiro atoms. The van der Waals surface area contributed by atoms with Crippen LogP contribution in [0.1, 0.15) is 107 Å². The van der Waals surface area contributed by atoms with Crippen molar-refractivity contribution in [3.63, 3.8) is 0 Å². The molecule has 0 aromatic heterocycles. The molecule has 1 aromatic rings. The van der Waals surface area contributed by atoms with Crippen LogP contribution in [0.3, 0.4) is 0 Å². The fourth-order valence-corrected chi connectivity index (χ4v) is 6.36. The van der Waals surface area contributed by atoms with Gasteiger partial charge in [0.15, 0.2) is 11.6 Å². The maximum atomic E-state index is 14.9. The highest BCUT2D eigenvalue weighted by Gasteiger charge is 2.45. The number of hydrogen-bond donors (Lipinski definition) is 0. The largest absolute Gasteiger partial charge is 0.429 e. The van der Waals surface area contributed by atoms with E-state index in [0.29, 0.717) is 30.6 Å². The van der Waals surface area contributed by atoms with E-state index in [9.17, 15) is 13.2 Å². The Hall–Kier alpha value is -1.19. The molecule has 1 aromatic carbocycles. The molecule has 3 saturated carbocycles. The molecule has 0 atom stereocenters. The molecule has 0 heterocycles. The normalized spacial score (nSPS) is 35.0. The molecule has 3 fully saturated rings. The van der Waals surface area contributed by atoms with Crippen molar-refractivity contribution >= 4 is 0 Å². The summed E-state index contributed by atoms with van der Waals surface area (Å²) in [6.07, 6.45) is 8.77. The summed E-state index contributed by atoms with van der Waals surface area (Å²) in [5.74, 6) is 1.38. The molecular weight excluding hydrogens is 397 g/mol. The van der Waals surface area contributed by atoms with E-state index in [4.69, 9.17) is 4.74 Å². The molecule has 0 saturated heterocycles. The summed E-state index contributed by atoms with van der Waals surface area (Å²) >= 11 is 0. The van der Waals surface area contributed by atoms with E-state index in [1.165, 1.54) is 37.8 Å². The lowest BCUT2D eigenvalue weighted by molar-refractivity contribution is -0.225. The first-order valence-corrected chi connectivity index (χ1v) is 12.7. The summed E-state index contributed by atoms with van der Waals surface area (Å²) in [5.41, 5.74) is 0.919. The monoisotopic (exact) mass is 442 g/mol. The van der Waals surface area contributed by atoms with Gasteiger partial charge in [-0.25, -0.2) is 4.39 Å². The maximum Gasteiger partial charge on any atom is 0.400 e. The Morgan fingerprint density at radius 1 is 0.774 bits per heavy atom. The van der Waals surface area contributed by atoms with Gasteiger partial charge < -0.3 is 4.74 Å². The van der Waals surface area contributed by atoms with Crippen molar-refractivity contribution in [2.45, 2.75) is 103 Å². The molecule has 31 heavy (non-hydrogen) atoms. The van der Waals surface area contributed by atoms with Crippen LogP contribution in [0, 0.1) is 35.4 Å².